The third kappa shape index (κ3) is 5.09. The number of carbonyl (C=O) groups is 2. The molecule has 1 fully saturated rings. The second kappa shape index (κ2) is 10.9. The monoisotopic (exact) mass is 468 g/mol. The molecule has 1 heterocycles. The van der Waals surface area contributed by atoms with E-state index in [0.717, 1.165) is 18.4 Å². The van der Waals surface area contributed by atoms with Gasteiger partial charge in [0, 0.05) is 31.4 Å². The highest BCUT2D eigenvalue weighted by Gasteiger charge is 2.46. The van der Waals surface area contributed by atoms with Crippen LogP contribution in [0.25, 0.3) is 5.76 Å². The van der Waals surface area contributed by atoms with Crippen LogP contribution in [0.15, 0.2) is 48.0 Å². The predicted octanol–water partition coefficient (Wildman–Crippen LogP) is 4.15. The number of nitro benzene ring substituents is 1. The minimum atomic E-state index is -0.906. The van der Waals surface area contributed by atoms with Crippen LogP contribution in [0, 0.1) is 17.0 Å². The number of rotatable bonds is 10. The zero-order chi connectivity index (χ0) is 24.8. The number of nitro groups is 1. The summed E-state index contributed by atoms with van der Waals surface area (Å²) in [6, 6.07) is 9.73. The molecule has 1 N–H and O–H groups in total. The summed E-state index contributed by atoms with van der Waals surface area (Å²) in [4.78, 5) is 37.7. The SMILES string of the molecule is CCCCOc1ccc(/C(O)=C2\C(=O)C(=O)N(CCOC)[C@@H]2c2ccc([N+](=O)[O-])cc2)cc1C. The highest BCUT2D eigenvalue weighted by Crippen LogP contribution is 2.40. The van der Waals surface area contributed by atoms with Gasteiger partial charge < -0.3 is 19.5 Å². The molecule has 1 aliphatic rings. The number of nitrogens with zero attached hydrogens (tertiary/aromatic N) is 2. The number of carbonyl (C=O) groups excluding carboxylic acids is 2. The number of unbranched alkanes of at least 4 members (excludes halogenated alkanes) is 1. The van der Waals surface area contributed by atoms with Crippen molar-refractivity contribution in [3.05, 3.63) is 74.8 Å². The molecule has 9 nitrogen and oxygen atoms in total. The molecule has 0 aliphatic carbocycles. The van der Waals surface area contributed by atoms with Crippen LogP contribution >= 0.6 is 0 Å². The lowest BCUT2D eigenvalue weighted by atomic mass is 9.94. The van der Waals surface area contributed by atoms with E-state index in [2.05, 4.69) is 6.92 Å². The number of benzene rings is 2. The summed E-state index contributed by atoms with van der Waals surface area (Å²) in [5.41, 5.74) is 1.43. The van der Waals surface area contributed by atoms with Gasteiger partial charge in [-0.05, 0) is 54.8 Å². The molecule has 0 saturated carbocycles. The molecule has 9 heteroatoms. The largest absolute Gasteiger partial charge is 0.507 e. The van der Waals surface area contributed by atoms with Gasteiger partial charge in [0.2, 0.25) is 0 Å². The number of non-ortho nitro benzene ring substituents is 1. The van der Waals surface area contributed by atoms with Crippen LogP contribution in [0.5, 0.6) is 5.75 Å². The molecule has 180 valence electrons. The van der Waals surface area contributed by atoms with Crippen molar-refractivity contribution in [1.82, 2.24) is 4.90 Å². The first-order valence-corrected chi connectivity index (χ1v) is 11.1. The average molecular weight is 469 g/mol. The quantitative estimate of drug-likeness (QED) is 0.139. The number of aliphatic hydroxyl groups excluding tert-OH is 1. The van der Waals surface area contributed by atoms with Crippen LogP contribution in [0.1, 0.15) is 42.5 Å². The molecular formula is C25H28N2O7. The van der Waals surface area contributed by atoms with E-state index in [1.807, 2.05) is 6.92 Å². The Morgan fingerprint density at radius 2 is 1.85 bits per heavy atom. The topological polar surface area (TPSA) is 119 Å². The van der Waals surface area contributed by atoms with Crippen molar-refractivity contribution in [3.63, 3.8) is 0 Å². The van der Waals surface area contributed by atoms with E-state index in [1.54, 1.807) is 18.2 Å². The van der Waals surface area contributed by atoms with Gasteiger partial charge in [0.05, 0.1) is 29.8 Å². The van der Waals surface area contributed by atoms with E-state index in [9.17, 15) is 24.8 Å². The smallest absolute Gasteiger partial charge is 0.295 e. The van der Waals surface area contributed by atoms with Gasteiger partial charge in [-0.3, -0.25) is 19.7 Å². The van der Waals surface area contributed by atoms with E-state index in [1.165, 1.54) is 36.3 Å². The van der Waals surface area contributed by atoms with Gasteiger partial charge in [-0.2, -0.15) is 0 Å². The number of hydrogen-bond donors (Lipinski definition) is 1. The number of ketones is 1. The lowest BCUT2D eigenvalue weighted by Gasteiger charge is -2.25. The first-order valence-electron chi connectivity index (χ1n) is 11.1. The molecule has 1 aliphatic heterocycles. The molecule has 2 aromatic rings. The van der Waals surface area contributed by atoms with Crippen LogP contribution in [0.4, 0.5) is 5.69 Å². The third-order valence-electron chi connectivity index (χ3n) is 5.70. The van der Waals surface area contributed by atoms with Gasteiger partial charge in [0.1, 0.15) is 11.5 Å². The average Bonchev–Trinajstić information content (AvgIpc) is 3.08. The number of ether oxygens (including phenoxy) is 2. The van der Waals surface area contributed by atoms with Crippen LogP contribution in [0.3, 0.4) is 0 Å². The predicted molar refractivity (Wildman–Crippen MR) is 126 cm³/mol. The molecule has 2 aromatic carbocycles. The first kappa shape index (κ1) is 24.9. The zero-order valence-electron chi connectivity index (χ0n) is 19.4. The second-order valence-electron chi connectivity index (χ2n) is 8.02. The number of methoxy groups -OCH3 is 1. The maximum atomic E-state index is 13.0. The van der Waals surface area contributed by atoms with Gasteiger partial charge in [-0.15, -0.1) is 0 Å². The van der Waals surface area contributed by atoms with Crippen molar-refractivity contribution in [1.29, 1.82) is 0 Å². The molecule has 0 spiro atoms. The molecule has 0 unspecified atom stereocenters. The standard InChI is InChI=1S/C25H28N2O7/c1-4-5-13-34-20-11-8-18(15-16(20)2)23(28)21-22(17-6-9-19(10-7-17)27(31)32)26(12-14-33-3)25(30)24(21)29/h6-11,15,22,28H,4-5,12-14H2,1-3H3/b23-21+/t22-/m1/s1. The van der Waals surface area contributed by atoms with E-state index < -0.39 is 22.7 Å². The number of likely N-dealkylation sites (tertiary alicyclic amines) is 1. The molecule has 0 bridgehead atoms. The molecule has 0 aromatic heterocycles. The lowest BCUT2D eigenvalue weighted by molar-refractivity contribution is -0.384. The molecule has 3 rings (SSSR count). The minimum absolute atomic E-state index is 0.0750. The first-order chi connectivity index (χ1) is 16.3. The summed E-state index contributed by atoms with van der Waals surface area (Å²) in [6.07, 6.45) is 1.92. The Kier molecular flexibility index (Phi) is 8.01. The molecule has 1 atom stereocenters. The highest BCUT2D eigenvalue weighted by molar-refractivity contribution is 6.46. The fraction of sp³-hybridized carbons (Fsp3) is 0.360. The molecular weight excluding hydrogens is 440 g/mol. The number of hydrogen-bond acceptors (Lipinski definition) is 7. The van der Waals surface area contributed by atoms with Crippen molar-refractivity contribution in [2.75, 3.05) is 26.9 Å². The molecule has 1 saturated heterocycles. The van der Waals surface area contributed by atoms with E-state index in [-0.39, 0.29) is 30.2 Å². The summed E-state index contributed by atoms with van der Waals surface area (Å²) in [5.74, 6) is -1.22. The fourth-order valence-corrected chi connectivity index (χ4v) is 3.87. The van der Waals surface area contributed by atoms with Crippen LogP contribution < -0.4 is 4.74 Å². The number of aliphatic hydroxyl groups is 1. The number of aryl methyl sites for hydroxylation is 1. The van der Waals surface area contributed by atoms with Gasteiger partial charge in [0.25, 0.3) is 17.4 Å². The second-order valence-corrected chi connectivity index (χ2v) is 8.02. The maximum Gasteiger partial charge on any atom is 0.295 e. The Labute approximate surface area is 197 Å². The zero-order valence-corrected chi connectivity index (χ0v) is 19.4. The van der Waals surface area contributed by atoms with Crippen LogP contribution in [0.2, 0.25) is 0 Å². The maximum absolute atomic E-state index is 13.0. The van der Waals surface area contributed by atoms with Crippen LogP contribution in [-0.2, 0) is 14.3 Å². The molecule has 0 radical (unpaired) electrons. The van der Waals surface area contributed by atoms with Gasteiger partial charge in [-0.1, -0.05) is 13.3 Å². The summed E-state index contributed by atoms with van der Waals surface area (Å²) >= 11 is 0. The summed E-state index contributed by atoms with van der Waals surface area (Å²) in [5, 5.41) is 22.2. The lowest BCUT2D eigenvalue weighted by Crippen LogP contribution is -2.32. The Morgan fingerprint density at radius 3 is 2.44 bits per heavy atom. The van der Waals surface area contributed by atoms with Crippen molar-refractivity contribution in [2.45, 2.75) is 32.7 Å². The van der Waals surface area contributed by atoms with Crippen molar-refractivity contribution >= 4 is 23.1 Å². The molecule has 34 heavy (non-hydrogen) atoms. The van der Waals surface area contributed by atoms with Gasteiger partial charge in [-0.25, -0.2) is 0 Å². The number of Topliss-reactive ketones (excluding diaryl/α,β-unsaturated/α-hetero) is 1. The Balaban J connectivity index is 2.06. The van der Waals surface area contributed by atoms with E-state index in [4.69, 9.17) is 9.47 Å². The van der Waals surface area contributed by atoms with Crippen molar-refractivity contribution < 1.29 is 29.1 Å². The number of amides is 1. The van der Waals surface area contributed by atoms with Crippen molar-refractivity contribution in [3.8, 4) is 5.75 Å². The Hall–Kier alpha value is -3.72. The molecule has 1 amide bonds. The van der Waals surface area contributed by atoms with Gasteiger partial charge >= 0.3 is 0 Å². The summed E-state index contributed by atoms with van der Waals surface area (Å²) in [7, 11) is 1.48. The minimum Gasteiger partial charge on any atom is -0.507 e. The Bertz CT molecular complexity index is 1110. The summed E-state index contributed by atoms with van der Waals surface area (Å²) in [6.45, 7) is 4.78. The highest BCUT2D eigenvalue weighted by atomic mass is 16.6. The van der Waals surface area contributed by atoms with E-state index in [0.29, 0.717) is 23.5 Å². The van der Waals surface area contributed by atoms with Crippen molar-refractivity contribution in [2.24, 2.45) is 0 Å². The summed E-state index contributed by atoms with van der Waals surface area (Å²) < 4.78 is 10.8. The fourth-order valence-electron chi connectivity index (χ4n) is 3.87. The van der Waals surface area contributed by atoms with E-state index >= 15 is 0 Å². The normalized spacial score (nSPS) is 17.3. The Morgan fingerprint density at radius 1 is 1.15 bits per heavy atom. The third-order valence-corrected chi connectivity index (χ3v) is 5.70. The van der Waals surface area contributed by atoms with Gasteiger partial charge in [0.15, 0.2) is 0 Å². The van der Waals surface area contributed by atoms with Crippen LogP contribution in [-0.4, -0.2) is 53.5 Å².